The van der Waals surface area contributed by atoms with Gasteiger partial charge in [-0.05, 0) is 48.7 Å². The lowest BCUT2D eigenvalue weighted by atomic mass is 10.0. The number of methoxy groups -OCH3 is 2. The molecule has 0 saturated carbocycles. The highest BCUT2D eigenvalue weighted by molar-refractivity contribution is 6.03. The van der Waals surface area contributed by atoms with Crippen LogP contribution in [0.2, 0.25) is 0 Å². The minimum Gasteiger partial charge on any atom is -0.493 e. The number of aromatic nitrogens is 2. The Bertz CT molecular complexity index is 966. The molecule has 3 aromatic rings. The van der Waals surface area contributed by atoms with Crippen molar-refractivity contribution in [2.24, 2.45) is 0 Å². The van der Waals surface area contributed by atoms with Crippen molar-refractivity contribution in [3.63, 3.8) is 0 Å². The maximum absolute atomic E-state index is 12.4. The number of hydrogen-bond acceptors (Lipinski definition) is 6. The van der Waals surface area contributed by atoms with Crippen molar-refractivity contribution in [3.05, 3.63) is 64.5 Å². The molecule has 0 radical (unpaired) electrons. The van der Waals surface area contributed by atoms with Gasteiger partial charge in [0.05, 0.1) is 20.6 Å². The van der Waals surface area contributed by atoms with Crippen LogP contribution in [-0.2, 0) is 6.42 Å². The average molecular weight is 367 g/mol. The minimum absolute atomic E-state index is 0.0496. The summed E-state index contributed by atoms with van der Waals surface area (Å²) in [5, 5.41) is 10.5. The zero-order valence-corrected chi connectivity index (χ0v) is 15.7. The summed E-state index contributed by atoms with van der Waals surface area (Å²) in [5.41, 5.74) is 3.89. The summed E-state index contributed by atoms with van der Waals surface area (Å²) in [5.74, 6) is 1.06. The van der Waals surface area contributed by atoms with Crippen LogP contribution in [0.25, 0.3) is 0 Å². The SMILES string of the molecule is COc1ccc(C(=O)Nc2nnc(Cc3ccc(C)c(C)c3)o2)cc1OC. The third-order valence-corrected chi connectivity index (χ3v) is 4.26. The van der Waals surface area contributed by atoms with Gasteiger partial charge in [-0.1, -0.05) is 23.3 Å². The zero-order valence-electron chi connectivity index (χ0n) is 15.7. The molecular formula is C20H21N3O4. The highest BCUT2D eigenvalue weighted by Gasteiger charge is 2.14. The summed E-state index contributed by atoms with van der Waals surface area (Å²) < 4.78 is 15.9. The van der Waals surface area contributed by atoms with Gasteiger partial charge in [0, 0.05) is 5.56 Å². The summed E-state index contributed by atoms with van der Waals surface area (Å²) in [4.78, 5) is 12.4. The van der Waals surface area contributed by atoms with Crippen LogP contribution >= 0.6 is 0 Å². The molecule has 0 aliphatic rings. The third kappa shape index (κ3) is 4.25. The Balaban J connectivity index is 1.70. The predicted octanol–water partition coefficient (Wildman–Crippen LogP) is 3.55. The molecule has 3 rings (SSSR count). The number of nitrogens with one attached hydrogen (secondary N) is 1. The second-order valence-electron chi connectivity index (χ2n) is 6.12. The van der Waals surface area contributed by atoms with Gasteiger partial charge in [-0.25, -0.2) is 0 Å². The number of ether oxygens (including phenoxy) is 2. The molecule has 0 unspecified atom stereocenters. The molecule has 0 fully saturated rings. The van der Waals surface area contributed by atoms with E-state index in [1.807, 2.05) is 6.07 Å². The molecule has 0 aliphatic carbocycles. The second kappa shape index (κ2) is 7.90. The van der Waals surface area contributed by atoms with E-state index in [2.05, 4.69) is 41.5 Å². The smallest absolute Gasteiger partial charge is 0.322 e. The fraction of sp³-hybridized carbons (Fsp3) is 0.250. The molecule has 0 atom stereocenters. The predicted molar refractivity (Wildman–Crippen MR) is 101 cm³/mol. The Morgan fingerprint density at radius 1 is 1.00 bits per heavy atom. The number of amides is 1. The Hall–Kier alpha value is -3.35. The number of aryl methyl sites for hydroxylation is 2. The van der Waals surface area contributed by atoms with E-state index in [1.165, 1.54) is 25.3 Å². The van der Waals surface area contributed by atoms with Gasteiger partial charge in [0.15, 0.2) is 11.5 Å². The molecule has 0 saturated heterocycles. The quantitative estimate of drug-likeness (QED) is 0.717. The largest absolute Gasteiger partial charge is 0.493 e. The molecule has 0 aliphatic heterocycles. The lowest BCUT2D eigenvalue weighted by Crippen LogP contribution is -2.12. The van der Waals surface area contributed by atoms with Gasteiger partial charge in [0.1, 0.15) is 0 Å². The van der Waals surface area contributed by atoms with Crippen molar-refractivity contribution in [2.75, 3.05) is 19.5 Å². The molecule has 1 heterocycles. The number of carbonyl (C=O) groups excluding carboxylic acids is 1. The number of nitrogens with zero attached hydrogens (tertiary/aromatic N) is 2. The van der Waals surface area contributed by atoms with Gasteiger partial charge in [-0.3, -0.25) is 10.1 Å². The molecule has 27 heavy (non-hydrogen) atoms. The van der Waals surface area contributed by atoms with E-state index >= 15 is 0 Å². The Labute approximate surface area is 157 Å². The van der Waals surface area contributed by atoms with E-state index in [0.29, 0.717) is 29.4 Å². The van der Waals surface area contributed by atoms with Crippen molar-refractivity contribution in [3.8, 4) is 11.5 Å². The van der Waals surface area contributed by atoms with Crippen LogP contribution in [0.4, 0.5) is 6.01 Å². The van der Waals surface area contributed by atoms with Gasteiger partial charge < -0.3 is 13.9 Å². The second-order valence-corrected chi connectivity index (χ2v) is 6.12. The fourth-order valence-corrected chi connectivity index (χ4v) is 2.61. The van der Waals surface area contributed by atoms with Crippen LogP contribution in [0.3, 0.4) is 0 Å². The molecule has 140 valence electrons. The number of benzene rings is 2. The molecule has 7 heteroatoms. The molecule has 0 bridgehead atoms. The summed E-state index contributed by atoms with van der Waals surface area (Å²) in [7, 11) is 3.05. The Morgan fingerprint density at radius 3 is 2.48 bits per heavy atom. The molecular weight excluding hydrogens is 346 g/mol. The summed E-state index contributed by atoms with van der Waals surface area (Å²) in [6.45, 7) is 4.12. The summed E-state index contributed by atoms with van der Waals surface area (Å²) in [6, 6.07) is 11.1. The van der Waals surface area contributed by atoms with Gasteiger partial charge in [-0.2, -0.15) is 0 Å². The number of anilines is 1. The number of hydrogen-bond donors (Lipinski definition) is 1. The molecule has 0 spiro atoms. The molecule has 7 nitrogen and oxygen atoms in total. The van der Waals surface area contributed by atoms with Gasteiger partial charge in [0.25, 0.3) is 5.91 Å². The van der Waals surface area contributed by atoms with Crippen LogP contribution in [0.1, 0.15) is 32.9 Å². The lowest BCUT2D eigenvalue weighted by molar-refractivity contribution is 0.102. The first kappa shape index (κ1) is 18.4. The molecule has 2 aromatic carbocycles. The van der Waals surface area contributed by atoms with E-state index < -0.39 is 0 Å². The van der Waals surface area contributed by atoms with E-state index in [4.69, 9.17) is 13.9 Å². The maximum atomic E-state index is 12.4. The summed E-state index contributed by atoms with van der Waals surface area (Å²) in [6.07, 6.45) is 0.500. The van der Waals surface area contributed by atoms with Crippen LogP contribution in [0.5, 0.6) is 11.5 Å². The fourth-order valence-electron chi connectivity index (χ4n) is 2.61. The van der Waals surface area contributed by atoms with Crippen molar-refractivity contribution < 1.29 is 18.7 Å². The van der Waals surface area contributed by atoms with Crippen LogP contribution in [0.15, 0.2) is 40.8 Å². The van der Waals surface area contributed by atoms with Crippen molar-refractivity contribution >= 4 is 11.9 Å². The van der Waals surface area contributed by atoms with E-state index in [-0.39, 0.29) is 11.9 Å². The normalized spacial score (nSPS) is 10.5. The van der Waals surface area contributed by atoms with Crippen LogP contribution < -0.4 is 14.8 Å². The molecule has 1 aromatic heterocycles. The first-order chi connectivity index (χ1) is 13.0. The minimum atomic E-state index is -0.377. The van der Waals surface area contributed by atoms with Gasteiger partial charge in [-0.15, -0.1) is 5.10 Å². The third-order valence-electron chi connectivity index (χ3n) is 4.26. The Morgan fingerprint density at radius 2 is 1.78 bits per heavy atom. The van der Waals surface area contributed by atoms with E-state index in [0.717, 1.165) is 5.56 Å². The lowest BCUT2D eigenvalue weighted by Gasteiger charge is -2.08. The van der Waals surface area contributed by atoms with E-state index in [1.54, 1.807) is 18.2 Å². The average Bonchev–Trinajstić information content (AvgIpc) is 3.10. The first-order valence-corrected chi connectivity index (χ1v) is 8.42. The topological polar surface area (TPSA) is 86.5 Å². The maximum Gasteiger partial charge on any atom is 0.322 e. The van der Waals surface area contributed by atoms with Crippen LogP contribution in [-0.4, -0.2) is 30.3 Å². The van der Waals surface area contributed by atoms with Crippen LogP contribution in [0, 0.1) is 13.8 Å². The monoisotopic (exact) mass is 367 g/mol. The number of carbonyl (C=O) groups is 1. The number of rotatable bonds is 6. The van der Waals surface area contributed by atoms with E-state index in [9.17, 15) is 4.79 Å². The molecule has 1 amide bonds. The molecule has 1 N–H and O–H groups in total. The van der Waals surface area contributed by atoms with Crippen molar-refractivity contribution in [1.29, 1.82) is 0 Å². The van der Waals surface area contributed by atoms with Crippen molar-refractivity contribution in [1.82, 2.24) is 10.2 Å². The highest BCUT2D eigenvalue weighted by Crippen LogP contribution is 2.27. The van der Waals surface area contributed by atoms with Gasteiger partial charge >= 0.3 is 6.01 Å². The summed E-state index contributed by atoms with van der Waals surface area (Å²) >= 11 is 0. The van der Waals surface area contributed by atoms with Crippen molar-refractivity contribution in [2.45, 2.75) is 20.3 Å². The highest BCUT2D eigenvalue weighted by atomic mass is 16.5. The first-order valence-electron chi connectivity index (χ1n) is 8.42. The Kier molecular flexibility index (Phi) is 5.40. The zero-order chi connectivity index (χ0) is 19.4. The van der Waals surface area contributed by atoms with Gasteiger partial charge in [0.2, 0.25) is 5.89 Å². The standard InChI is InChI=1S/C20H21N3O4/c1-12-5-6-14(9-13(12)2)10-18-22-23-20(27-18)21-19(24)15-7-8-16(25-3)17(11-15)26-4/h5-9,11H,10H2,1-4H3,(H,21,23,24).